The van der Waals surface area contributed by atoms with E-state index in [-0.39, 0.29) is 5.78 Å². The third kappa shape index (κ3) is 2.01. The summed E-state index contributed by atoms with van der Waals surface area (Å²) in [5.41, 5.74) is 4.14. The fraction of sp³-hybridized carbons (Fsp3) is 0.133. The number of fused-ring (bicyclic) bond motifs is 1. The van der Waals surface area contributed by atoms with E-state index in [1.54, 1.807) is 10.7 Å². The fourth-order valence-corrected chi connectivity index (χ4v) is 2.04. The molecule has 0 amide bonds. The highest BCUT2D eigenvalue weighted by atomic mass is 16.1. The Labute approximate surface area is 110 Å². The molecule has 3 aromatic rings. The highest BCUT2D eigenvalue weighted by Crippen LogP contribution is 2.16. The van der Waals surface area contributed by atoms with Crippen molar-refractivity contribution in [2.24, 2.45) is 7.05 Å². The van der Waals surface area contributed by atoms with E-state index in [0.717, 1.165) is 16.6 Å². The van der Waals surface area contributed by atoms with E-state index in [1.807, 2.05) is 50.4 Å². The first-order chi connectivity index (χ1) is 9.15. The molecular formula is C15H13N3O. The van der Waals surface area contributed by atoms with Gasteiger partial charge in [-0.25, -0.2) is 4.68 Å². The maximum Gasteiger partial charge on any atom is 0.193 e. The Bertz CT molecular complexity index is 757. The smallest absolute Gasteiger partial charge is 0.193 e. The third-order valence-corrected chi connectivity index (χ3v) is 3.19. The van der Waals surface area contributed by atoms with E-state index in [1.165, 1.54) is 0 Å². The second-order valence-corrected chi connectivity index (χ2v) is 4.61. The highest BCUT2D eigenvalue weighted by molar-refractivity contribution is 6.10. The number of rotatable bonds is 2. The summed E-state index contributed by atoms with van der Waals surface area (Å²) in [5.74, 6) is 0.0168. The summed E-state index contributed by atoms with van der Waals surface area (Å²) in [5, 5.41) is 7.94. The normalized spacial score (nSPS) is 10.8. The first-order valence-corrected chi connectivity index (χ1v) is 6.06. The summed E-state index contributed by atoms with van der Waals surface area (Å²) >= 11 is 0. The van der Waals surface area contributed by atoms with E-state index < -0.39 is 0 Å². The van der Waals surface area contributed by atoms with Crippen molar-refractivity contribution in [2.75, 3.05) is 0 Å². The number of ketones is 1. The van der Waals surface area contributed by atoms with Gasteiger partial charge in [0.05, 0.1) is 5.52 Å². The molecule has 0 unspecified atom stereocenters. The molecule has 3 rings (SSSR count). The highest BCUT2D eigenvalue weighted by Gasteiger charge is 2.11. The van der Waals surface area contributed by atoms with Gasteiger partial charge < -0.3 is 0 Å². The van der Waals surface area contributed by atoms with Crippen molar-refractivity contribution < 1.29 is 4.79 Å². The van der Waals surface area contributed by atoms with Crippen LogP contribution in [0.4, 0.5) is 0 Å². The zero-order valence-corrected chi connectivity index (χ0v) is 10.8. The molecule has 0 bridgehead atoms. The quantitative estimate of drug-likeness (QED) is 0.657. The van der Waals surface area contributed by atoms with Crippen LogP contribution in [0.3, 0.4) is 0 Å². The molecule has 1 aromatic heterocycles. The van der Waals surface area contributed by atoms with Gasteiger partial charge in [0.1, 0.15) is 5.52 Å². The monoisotopic (exact) mass is 251 g/mol. The van der Waals surface area contributed by atoms with Gasteiger partial charge in [-0.1, -0.05) is 35.0 Å². The molecule has 94 valence electrons. The van der Waals surface area contributed by atoms with Gasteiger partial charge in [-0.05, 0) is 25.1 Å². The van der Waals surface area contributed by atoms with E-state index in [4.69, 9.17) is 0 Å². The Kier molecular flexibility index (Phi) is 2.63. The minimum absolute atomic E-state index is 0.0168. The number of nitrogens with zero attached hydrogens (tertiary/aromatic N) is 3. The van der Waals surface area contributed by atoms with Gasteiger partial charge in [-0.15, -0.1) is 5.10 Å². The molecule has 0 atom stereocenters. The van der Waals surface area contributed by atoms with Crippen molar-refractivity contribution in [3.63, 3.8) is 0 Å². The minimum Gasteiger partial charge on any atom is -0.289 e. The number of hydrogen-bond acceptors (Lipinski definition) is 3. The van der Waals surface area contributed by atoms with Crippen LogP contribution in [0.1, 0.15) is 21.5 Å². The van der Waals surface area contributed by atoms with E-state index >= 15 is 0 Å². The Morgan fingerprint density at radius 2 is 1.74 bits per heavy atom. The van der Waals surface area contributed by atoms with Crippen molar-refractivity contribution in [1.82, 2.24) is 15.0 Å². The summed E-state index contributed by atoms with van der Waals surface area (Å²) in [6, 6.07) is 13.0. The van der Waals surface area contributed by atoms with Crippen molar-refractivity contribution in [1.29, 1.82) is 0 Å². The molecule has 2 aromatic carbocycles. The number of carbonyl (C=O) groups excluding carboxylic acids is 1. The number of aryl methyl sites for hydroxylation is 2. The summed E-state index contributed by atoms with van der Waals surface area (Å²) < 4.78 is 1.67. The van der Waals surface area contributed by atoms with Crippen LogP contribution in [-0.4, -0.2) is 20.8 Å². The van der Waals surface area contributed by atoms with Gasteiger partial charge in [0, 0.05) is 18.2 Å². The lowest BCUT2D eigenvalue weighted by Crippen LogP contribution is -2.01. The van der Waals surface area contributed by atoms with Crippen LogP contribution >= 0.6 is 0 Å². The molecule has 0 N–H and O–H groups in total. The number of hydrogen-bond donors (Lipinski definition) is 0. The zero-order valence-electron chi connectivity index (χ0n) is 10.8. The molecule has 19 heavy (non-hydrogen) atoms. The number of benzene rings is 2. The second kappa shape index (κ2) is 4.31. The molecule has 0 radical (unpaired) electrons. The average molecular weight is 251 g/mol. The summed E-state index contributed by atoms with van der Waals surface area (Å²) in [6.45, 7) is 2.00. The Balaban J connectivity index is 2.05. The maximum atomic E-state index is 12.4. The Hall–Kier alpha value is -2.49. The van der Waals surface area contributed by atoms with Gasteiger partial charge in [-0.2, -0.15) is 0 Å². The Morgan fingerprint density at radius 3 is 2.47 bits per heavy atom. The lowest BCUT2D eigenvalue weighted by Gasteiger charge is -2.02. The van der Waals surface area contributed by atoms with Gasteiger partial charge in [0.15, 0.2) is 5.78 Å². The van der Waals surface area contributed by atoms with Crippen LogP contribution in [0.2, 0.25) is 0 Å². The number of aromatic nitrogens is 3. The largest absolute Gasteiger partial charge is 0.289 e. The minimum atomic E-state index is 0.0168. The molecule has 1 heterocycles. The molecule has 0 saturated heterocycles. The van der Waals surface area contributed by atoms with Crippen LogP contribution < -0.4 is 0 Å². The molecule has 0 aliphatic rings. The zero-order chi connectivity index (χ0) is 13.4. The summed E-state index contributed by atoms with van der Waals surface area (Å²) in [6.07, 6.45) is 0. The van der Waals surface area contributed by atoms with E-state index in [2.05, 4.69) is 10.3 Å². The van der Waals surface area contributed by atoms with Crippen molar-refractivity contribution in [3.05, 3.63) is 59.2 Å². The molecule has 4 nitrogen and oxygen atoms in total. The predicted molar refractivity (Wildman–Crippen MR) is 73.1 cm³/mol. The van der Waals surface area contributed by atoms with Gasteiger partial charge >= 0.3 is 0 Å². The predicted octanol–water partition coefficient (Wildman–Crippen LogP) is 2.51. The standard InChI is InChI=1S/C15H13N3O/c1-10-3-5-11(6-4-10)15(19)12-7-8-13-14(9-12)18(2)17-16-13/h3-9H,1-2H3. The SMILES string of the molecule is Cc1ccc(C(=O)c2ccc3nnn(C)c3c2)cc1. The summed E-state index contributed by atoms with van der Waals surface area (Å²) in [4.78, 5) is 12.4. The van der Waals surface area contributed by atoms with Crippen molar-refractivity contribution >= 4 is 16.8 Å². The van der Waals surface area contributed by atoms with E-state index in [9.17, 15) is 4.79 Å². The average Bonchev–Trinajstić information content (AvgIpc) is 2.80. The summed E-state index contributed by atoms with van der Waals surface area (Å²) in [7, 11) is 1.81. The van der Waals surface area contributed by atoms with Crippen LogP contribution in [0.5, 0.6) is 0 Å². The van der Waals surface area contributed by atoms with Crippen LogP contribution in [0.25, 0.3) is 11.0 Å². The van der Waals surface area contributed by atoms with Gasteiger partial charge in [-0.3, -0.25) is 4.79 Å². The molecule has 0 aliphatic heterocycles. The Morgan fingerprint density at radius 1 is 1.05 bits per heavy atom. The fourth-order valence-electron chi connectivity index (χ4n) is 2.04. The number of carbonyl (C=O) groups is 1. The molecule has 4 heteroatoms. The molecular weight excluding hydrogens is 238 g/mol. The van der Waals surface area contributed by atoms with Crippen molar-refractivity contribution in [3.8, 4) is 0 Å². The topological polar surface area (TPSA) is 47.8 Å². The molecule has 0 spiro atoms. The van der Waals surface area contributed by atoms with Crippen molar-refractivity contribution in [2.45, 2.75) is 6.92 Å². The van der Waals surface area contributed by atoms with Crippen LogP contribution in [-0.2, 0) is 7.05 Å². The lowest BCUT2D eigenvalue weighted by molar-refractivity contribution is 0.103. The molecule has 0 fully saturated rings. The van der Waals surface area contributed by atoms with Gasteiger partial charge in [0.2, 0.25) is 0 Å². The molecule has 0 saturated carbocycles. The lowest BCUT2D eigenvalue weighted by atomic mass is 10.0. The van der Waals surface area contributed by atoms with E-state index in [0.29, 0.717) is 11.1 Å². The van der Waals surface area contributed by atoms with Crippen LogP contribution in [0, 0.1) is 6.92 Å². The second-order valence-electron chi connectivity index (χ2n) is 4.61. The third-order valence-electron chi connectivity index (χ3n) is 3.19. The first kappa shape index (κ1) is 11.6. The van der Waals surface area contributed by atoms with Crippen LogP contribution in [0.15, 0.2) is 42.5 Å². The first-order valence-electron chi connectivity index (χ1n) is 6.06. The van der Waals surface area contributed by atoms with Gasteiger partial charge in [0.25, 0.3) is 0 Å². The maximum absolute atomic E-state index is 12.4. The molecule has 0 aliphatic carbocycles.